The summed E-state index contributed by atoms with van der Waals surface area (Å²) in [5.74, 6) is 0.866. The molecule has 3 N–H and O–H groups in total. The zero-order chi connectivity index (χ0) is 13.8. The van der Waals surface area contributed by atoms with Gasteiger partial charge in [0, 0.05) is 18.2 Å². The van der Waals surface area contributed by atoms with Crippen LogP contribution in [-0.2, 0) is 0 Å². The highest BCUT2D eigenvalue weighted by Gasteiger charge is 2.15. The quantitative estimate of drug-likeness (QED) is 0.911. The minimum atomic E-state index is -0.225. The Bertz CT molecular complexity index is 567. The number of hydrogen-bond donors (Lipinski definition) is 2. The van der Waals surface area contributed by atoms with Gasteiger partial charge in [-0.3, -0.25) is 4.79 Å². The minimum absolute atomic E-state index is 0. The smallest absolute Gasteiger partial charge is 0.287 e. The molecule has 1 unspecified atom stereocenters. The zero-order valence-electron chi connectivity index (χ0n) is 11.6. The summed E-state index contributed by atoms with van der Waals surface area (Å²) in [4.78, 5) is 12.0. The topological polar surface area (TPSA) is 68.3 Å². The van der Waals surface area contributed by atoms with Gasteiger partial charge >= 0.3 is 0 Å². The normalized spacial score (nSPS) is 11.6. The van der Waals surface area contributed by atoms with E-state index < -0.39 is 0 Å². The summed E-state index contributed by atoms with van der Waals surface area (Å²) >= 11 is 0. The number of carbonyl (C=O) groups is 1. The molecule has 0 saturated heterocycles. The summed E-state index contributed by atoms with van der Waals surface area (Å²) < 4.78 is 5.36. The van der Waals surface area contributed by atoms with Gasteiger partial charge < -0.3 is 15.5 Å². The Morgan fingerprint density at radius 3 is 2.50 bits per heavy atom. The largest absolute Gasteiger partial charge is 0.456 e. The van der Waals surface area contributed by atoms with Gasteiger partial charge in [0.25, 0.3) is 5.91 Å². The van der Waals surface area contributed by atoms with Gasteiger partial charge in [0.15, 0.2) is 5.76 Å². The molecule has 0 saturated carbocycles. The molecule has 1 aromatic carbocycles. The van der Waals surface area contributed by atoms with E-state index in [1.165, 1.54) is 0 Å². The molecule has 1 atom stereocenters. The molecule has 0 radical (unpaired) electrons. The van der Waals surface area contributed by atoms with Crippen LogP contribution in [0.3, 0.4) is 0 Å². The number of rotatable bonds is 4. The number of halogens is 1. The van der Waals surface area contributed by atoms with Crippen molar-refractivity contribution >= 4 is 18.3 Å². The Balaban J connectivity index is 0.00000200. The standard InChI is InChI=1S/C15H18N2O2.ClH/c1-10-8-11(2)19-14(10)15(18)17-9-13(16)12-6-4-3-5-7-12;/h3-8,13H,9,16H2,1-2H3,(H,17,18);1H. The molecule has 4 nitrogen and oxygen atoms in total. The molecule has 0 bridgehead atoms. The number of benzene rings is 1. The van der Waals surface area contributed by atoms with Crippen LogP contribution < -0.4 is 11.1 Å². The fourth-order valence-electron chi connectivity index (χ4n) is 1.97. The van der Waals surface area contributed by atoms with Crippen LogP contribution in [0.4, 0.5) is 0 Å². The molecule has 0 aliphatic rings. The third-order valence-corrected chi connectivity index (χ3v) is 2.96. The molecular weight excluding hydrogens is 276 g/mol. The Morgan fingerprint density at radius 1 is 1.30 bits per heavy atom. The van der Waals surface area contributed by atoms with Crippen molar-refractivity contribution in [2.75, 3.05) is 6.54 Å². The molecule has 2 rings (SSSR count). The average molecular weight is 295 g/mol. The van der Waals surface area contributed by atoms with Crippen LogP contribution in [0.2, 0.25) is 0 Å². The molecule has 0 aliphatic carbocycles. The number of hydrogen-bond acceptors (Lipinski definition) is 3. The Morgan fingerprint density at radius 2 is 1.95 bits per heavy atom. The van der Waals surface area contributed by atoms with Crippen molar-refractivity contribution in [2.24, 2.45) is 5.73 Å². The summed E-state index contributed by atoms with van der Waals surface area (Å²) in [7, 11) is 0. The van der Waals surface area contributed by atoms with E-state index in [4.69, 9.17) is 10.2 Å². The Hall–Kier alpha value is -1.78. The van der Waals surface area contributed by atoms with Crippen LogP contribution in [-0.4, -0.2) is 12.5 Å². The second-order valence-electron chi connectivity index (χ2n) is 4.60. The van der Waals surface area contributed by atoms with E-state index >= 15 is 0 Å². The number of nitrogens with two attached hydrogens (primary N) is 1. The van der Waals surface area contributed by atoms with Gasteiger partial charge in [-0.05, 0) is 25.5 Å². The molecule has 0 aliphatic heterocycles. The van der Waals surface area contributed by atoms with E-state index in [0.29, 0.717) is 12.3 Å². The van der Waals surface area contributed by atoms with Gasteiger partial charge in [-0.25, -0.2) is 0 Å². The second kappa shape index (κ2) is 7.12. The molecule has 20 heavy (non-hydrogen) atoms. The van der Waals surface area contributed by atoms with Crippen molar-refractivity contribution in [3.63, 3.8) is 0 Å². The second-order valence-corrected chi connectivity index (χ2v) is 4.60. The predicted octanol–water partition coefficient (Wildman–Crippen LogP) is 2.75. The van der Waals surface area contributed by atoms with Gasteiger partial charge in [-0.2, -0.15) is 0 Å². The minimum Gasteiger partial charge on any atom is -0.456 e. The van der Waals surface area contributed by atoms with Crippen molar-refractivity contribution < 1.29 is 9.21 Å². The molecule has 0 spiro atoms. The lowest BCUT2D eigenvalue weighted by molar-refractivity contribution is 0.0921. The van der Waals surface area contributed by atoms with Gasteiger partial charge in [0.2, 0.25) is 0 Å². The highest BCUT2D eigenvalue weighted by Crippen LogP contribution is 2.14. The van der Waals surface area contributed by atoms with E-state index in [2.05, 4.69) is 5.32 Å². The Labute approximate surface area is 124 Å². The number of carbonyl (C=O) groups excluding carboxylic acids is 1. The molecule has 1 heterocycles. The Kier molecular flexibility index (Phi) is 5.80. The van der Waals surface area contributed by atoms with Crippen LogP contribution in [0.5, 0.6) is 0 Å². The van der Waals surface area contributed by atoms with Crippen LogP contribution in [0.1, 0.15) is 33.5 Å². The molecule has 1 amide bonds. The van der Waals surface area contributed by atoms with E-state index in [-0.39, 0.29) is 24.4 Å². The highest BCUT2D eigenvalue weighted by molar-refractivity contribution is 5.92. The van der Waals surface area contributed by atoms with E-state index in [1.54, 1.807) is 0 Å². The lowest BCUT2D eigenvalue weighted by atomic mass is 10.1. The SMILES string of the molecule is Cc1cc(C)c(C(=O)NCC(N)c2ccccc2)o1.Cl. The fourth-order valence-corrected chi connectivity index (χ4v) is 1.97. The summed E-state index contributed by atoms with van der Waals surface area (Å²) in [6.45, 7) is 4.05. The van der Waals surface area contributed by atoms with Crippen LogP contribution in [0.15, 0.2) is 40.8 Å². The first-order valence-corrected chi connectivity index (χ1v) is 6.23. The van der Waals surface area contributed by atoms with E-state index in [9.17, 15) is 4.79 Å². The van der Waals surface area contributed by atoms with E-state index in [1.807, 2.05) is 50.2 Å². The third kappa shape index (κ3) is 3.85. The maximum absolute atomic E-state index is 12.0. The third-order valence-electron chi connectivity index (χ3n) is 2.96. The highest BCUT2D eigenvalue weighted by atomic mass is 35.5. The summed E-state index contributed by atoms with van der Waals surface area (Å²) in [6, 6.07) is 11.3. The van der Waals surface area contributed by atoms with Crippen molar-refractivity contribution in [1.82, 2.24) is 5.32 Å². The number of nitrogens with one attached hydrogen (secondary N) is 1. The fraction of sp³-hybridized carbons (Fsp3) is 0.267. The first-order chi connectivity index (χ1) is 9.08. The number of aryl methyl sites for hydroxylation is 2. The summed E-state index contributed by atoms with van der Waals surface area (Å²) in [6.07, 6.45) is 0. The summed E-state index contributed by atoms with van der Waals surface area (Å²) in [5.41, 5.74) is 7.85. The number of furan rings is 1. The van der Waals surface area contributed by atoms with Crippen molar-refractivity contribution in [2.45, 2.75) is 19.9 Å². The zero-order valence-corrected chi connectivity index (χ0v) is 12.4. The lowest BCUT2D eigenvalue weighted by Crippen LogP contribution is -2.32. The first kappa shape index (κ1) is 16.3. The van der Waals surface area contributed by atoms with Crippen molar-refractivity contribution in [3.8, 4) is 0 Å². The van der Waals surface area contributed by atoms with Gasteiger partial charge in [-0.1, -0.05) is 30.3 Å². The van der Waals surface area contributed by atoms with Gasteiger partial charge in [-0.15, -0.1) is 12.4 Å². The lowest BCUT2D eigenvalue weighted by Gasteiger charge is -2.12. The van der Waals surface area contributed by atoms with E-state index in [0.717, 1.165) is 16.9 Å². The molecule has 0 fully saturated rings. The molecule has 2 aromatic rings. The van der Waals surface area contributed by atoms with Gasteiger partial charge in [0.1, 0.15) is 5.76 Å². The van der Waals surface area contributed by atoms with Crippen LogP contribution >= 0.6 is 12.4 Å². The maximum atomic E-state index is 12.0. The number of amides is 1. The molecule has 108 valence electrons. The van der Waals surface area contributed by atoms with Gasteiger partial charge in [0.05, 0.1) is 0 Å². The van der Waals surface area contributed by atoms with Crippen molar-refractivity contribution in [1.29, 1.82) is 0 Å². The first-order valence-electron chi connectivity index (χ1n) is 6.23. The molecule has 5 heteroatoms. The molecular formula is C15H19ClN2O2. The van der Waals surface area contributed by atoms with Crippen molar-refractivity contribution in [3.05, 3.63) is 59.0 Å². The van der Waals surface area contributed by atoms with Crippen LogP contribution in [0.25, 0.3) is 0 Å². The maximum Gasteiger partial charge on any atom is 0.287 e. The summed E-state index contributed by atoms with van der Waals surface area (Å²) in [5, 5.41) is 2.79. The molecule has 1 aromatic heterocycles. The monoisotopic (exact) mass is 294 g/mol. The average Bonchev–Trinajstić information content (AvgIpc) is 2.75. The predicted molar refractivity (Wildman–Crippen MR) is 81.1 cm³/mol. The van der Waals surface area contributed by atoms with Crippen LogP contribution in [0, 0.1) is 13.8 Å².